The second kappa shape index (κ2) is 8.84. The first-order chi connectivity index (χ1) is 14.1. The molecule has 0 unspecified atom stereocenters. The summed E-state index contributed by atoms with van der Waals surface area (Å²) in [4.78, 5) is 0. The van der Waals surface area contributed by atoms with Crippen LogP contribution < -0.4 is 24.3 Å². The van der Waals surface area contributed by atoms with Gasteiger partial charge in [-0.2, -0.15) is 0 Å². The van der Waals surface area contributed by atoms with Gasteiger partial charge in [-0.15, -0.1) is 0 Å². The third kappa shape index (κ3) is 4.71. The third-order valence-corrected chi connectivity index (χ3v) is 5.44. The number of rotatable bonds is 7. The van der Waals surface area contributed by atoms with E-state index >= 15 is 0 Å². The molecule has 0 spiro atoms. The van der Waals surface area contributed by atoms with Gasteiger partial charge in [-0.05, 0) is 47.5 Å². The molecule has 1 aliphatic rings. The molecule has 0 aromatic heterocycles. The number of hydrogen-bond acceptors (Lipinski definition) is 5. The highest BCUT2D eigenvalue weighted by Crippen LogP contribution is 2.36. The van der Waals surface area contributed by atoms with Gasteiger partial charge < -0.3 is 24.3 Å². The van der Waals surface area contributed by atoms with Crippen molar-refractivity contribution in [1.29, 1.82) is 0 Å². The summed E-state index contributed by atoms with van der Waals surface area (Å²) in [7, 11) is 1.63. The van der Waals surface area contributed by atoms with Crippen molar-refractivity contribution < 1.29 is 18.9 Å². The largest absolute Gasteiger partial charge is 0.493 e. The fourth-order valence-corrected chi connectivity index (χ4v) is 3.65. The number of methoxy groups -OCH3 is 1. The highest BCUT2D eigenvalue weighted by molar-refractivity contribution is 9.10. The molecule has 3 aromatic carbocycles. The molecule has 4 rings (SSSR count). The Morgan fingerprint density at radius 1 is 1.03 bits per heavy atom. The lowest BCUT2D eigenvalue weighted by molar-refractivity contribution is 0.174. The van der Waals surface area contributed by atoms with E-state index in [-0.39, 0.29) is 6.79 Å². The first-order valence-electron chi connectivity index (χ1n) is 8.99. The number of halogens is 2. The average Bonchev–Trinajstić information content (AvgIpc) is 3.19. The van der Waals surface area contributed by atoms with E-state index in [2.05, 4.69) is 21.2 Å². The van der Waals surface area contributed by atoms with Crippen LogP contribution in [0.4, 0.5) is 5.69 Å². The van der Waals surface area contributed by atoms with Crippen LogP contribution in [0.2, 0.25) is 5.02 Å². The lowest BCUT2D eigenvalue weighted by atomic mass is 10.2. The number of hydrogen-bond donors (Lipinski definition) is 1. The molecule has 3 aromatic rings. The standard InChI is InChI=1S/C22H19BrClNO4/c1-26-20-8-15(11-25-17-5-6-19-21(9-17)29-13-28-19)18(23)10-22(20)27-12-14-3-2-4-16(24)7-14/h2-10,25H,11-13H2,1H3. The van der Waals surface area contributed by atoms with Gasteiger partial charge in [0.25, 0.3) is 0 Å². The first-order valence-corrected chi connectivity index (χ1v) is 10.2. The summed E-state index contributed by atoms with van der Waals surface area (Å²) >= 11 is 9.67. The third-order valence-electron chi connectivity index (χ3n) is 4.47. The minimum atomic E-state index is 0.262. The molecule has 1 aliphatic heterocycles. The molecular formula is C22H19BrClNO4. The van der Waals surface area contributed by atoms with E-state index < -0.39 is 0 Å². The molecule has 0 saturated carbocycles. The van der Waals surface area contributed by atoms with Crippen LogP contribution in [-0.4, -0.2) is 13.9 Å². The van der Waals surface area contributed by atoms with E-state index in [1.165, 1.54) is 0 Å². The monoisotopic (exact) mass is 475 g/mol. The normalized spacial score (nSPS) is 12.0. The van der Waals surface area contributed by atoms with Crippen LogP contribution in [0, 0.1) is 0 Å². The zero-order valence-electron chi connectivity index (χ0n) is 15.7. The van der Waals surface area contributed by atoms with Gasteiger partial charge >= 0.3 is 0 Å². The fourth-order valence-electron chi connectivity index (χ4n) is 2.98. The minimum absolute atomic E-state index is 0.262. The summed E-state index contributed by atoms with van der Waals surface area (Å²) in [5.41, 5.74) is 2.97. The van der Waals surface area contributed by atoms with Crippen molar-refractivity contribution in [3.63, 3.8) is 0 Å². The number of benzene rings is 3. The van der Waals surface area contributed by atoms with Crippen LogP contribution in [0.25, 0.3) is 0 Å². The molecule has 7 heteroatoms. The molecule has 150 valence electrons. The van der Waals surface area contributed by atoms with Crippen molar-refractivity contribution in [2.24, 2.45) is 0 Å². The van der Waals surface area contributed by atoms with E-state index in [1.807, 2.05) is 54.6 Å². The first kappa shape index (κ1) is 19.7. The maximum absolute atomic E-state index is 6.04. The van der Waals surface area contributed by atoms with Crippen molar-refractivity contribution in [3.8, 4) is 23.0 Å². The number of ether oxygens (including phenoxy) is 4. The van der Waals surface area contributed by atoms with Crippen LogP contribution in [0.1, 0.15) is 11.1 Å². The molecule has 0 fully saturated rings. The topological polar surface area (TPSA) is 49.0 Å². The molecular weight excluding hydrogens is 458 g/mol. The van der Waals surface area contributed by atoms with Crippen LogP contribution >= 0.6 is 27.5 Å². The Kier molecular flexibility index (Phi) is 6.02. The Morgan fingerprint density at radius 3 is 2.72 bits per heavy atom. The highest BCUT2D eigenvalue weighted by atomic mass is 79.9. The SMILES string of the molecule is COc1cc(CNc2ccc3c(c2)OCO3)c(Br)cc1OCc1cccc(Cl)c1. The fraction of sp³-hybridized carbons (Fsp3) is 0.182. The van der Waals surface area contributed by atoms with Crippen LogP contribution in [0.5, 0.6) is 23.0 Å². The lowest BCUT2D eigenvalue weighted by Gasteiger charge is -2.15. The Bertz CT molecular complexity index is 1030. The Labute approximate surface area is 182 Å². The van der Waals surface area contributed by atoms with Crippen molar-refractivity contribution in [2.45, 2.75) is 13.2 Å². The Hall–Kier alpha value is -2.57. The molecule has 0 aliphatic carbocycles. The van der Waals surface area contributed by atoms with Gasteiger partial charge in [-0.3, -0.25) is 0 Å². The summed E-state index contributed by atoms with van der Waals surface area (Å²) in [6.07, 6.45) is 0. The maximum atomic E-state index is 6.04. The van der Waals surface area contributed by atoms with Gasteiger partial charge in [0.1, 0.15) is 6.61 Å². The average molecular weight is 477 g/mol. The van der Waals surface area contributed by atoms with Crippen LogP contribution in [0.15, 0.2) is 59.1 Å². The summed E-state index contributed by atoms with van der Waals surface area (Å²) in [6, 6.07) is 17.2. The van der Waals surface area contributed by atoms with E-state index in [1.54, 1.807) is 7.11 Å². The maximum Gasteiger partial charge on any atom is 0.231 e. The molecule has 1 heterocycles. The van der Waals surface area contributed by atoms with E-state index in [9.17, 15) is 0 Å². The van der Waals surface area contributed by atoms with Crippen molar-refractivity contribution in [1.82, 2.24) is 0 Å². The van der Waals surface area contributed by atoms with Gasteiger partial charge in [0.05, 0.1) is 7.11 Å². The zero-order chi connectivity index (χ0) is 20.2. The minimum Gasteiger partial charge on any atom is -0.493 e. The van der Waals surface area contributed by atoms with Crippen molar-refractivity contribution in [2.75, 3.05) is 19.2 Å². The molecule has 0 atom stereocenters. The highest BCUT2D eigenvalue weighted by Gasteiger charge is 2.14. The van der Waals surface area contributed by atoms with E-state index in [0.29, 0.717) is 29.7 Å². The zero-order valence-corrected chi connectivity index (χ0v) is 18.0. The Morgan fingerprint density at radius 2 is 1.90 bits per heavy atom. The molecule has 0 saturated heterocycles. The van der Waals surface area contributed by atoms with Gasteiger partial charge in [-0.25, -0.2) is 0 Å². The predicted octanol–water partition coefficient (Wildman–Crippen LogP) is 6.03. The molecule has 5 nitrogen and oxygen atoms in total. The molecule has 1 N–H and O–H groups in total. The van der Waals surface area contributed by atoms with E-state index in [0.717, 1.165) is 32.8 Å². The van der Waals surface area contributed by atoms with Gasteiger partial charge in [0.15, 0.2) is 23.0 Å². The smallest absolute Gasteiger partial charge is 0.231 e. The van der Waals surface area contributed by atoms with E-state index in [4.69, 9.17) is 30.5 Å². The number of anilines is 1. The summed E-state index contributed by atoms with van der Waals surface area (Å²) in [6.45, 7) is 1.27. The molecule has 29 heavy (non-hydrogen) atoms. The quantitative estimate of drug-likeness (QED) is 0.451. The van der Waals surface area contributed by atoms with Gasteiger partial charge in [-0.1, -0.05) is 39.7 Å². The molecule has 0 amide bonds. The number of fused-ring (bicyclic) bond motifs is 1. The summed E-state index contributed by atoms with van der Waals surface area (Å²) in [5.74, 6) is 2.83. The van der Waals surface area contributed by atoms with Crippen molar-refractivity contribution in [3.05, 3.63) is 75.2 Å². The van der Waals surface area contributed by atoms with Crippen molar-refractivity contribution >= 4 is 33.2 Å². The van der Waals surface area contributed by atoms with Gasteiger partial charge in [0, 0.05) is 27.8 Å². The number of nitrogens with one attached hydrogen (secondary N) is 1. The summed E-state index contributed by atoms with van der Waals surface area (Å²) in [5, 5.41) is 4.07. The van der Waals surface area contributed by atoms with Crippen LogP contribution in [-0.2, 0) is 13.2 Å². The van der Waals surface area contributed by atoms with Gasteiger partial charge in [0.2, 0.25) is 6.79 Å². The lowest BCUT2D eigenvalue weighted by Crippen LogP contribution is -2.03. The van der Waals surface area contributed by atoms with Crippen LogP contribution in [0.3, 0.4) is 0 Å². The second-order valence-electron chi connectivity index (χ2n) is 6.43. The molecule has 0 bridgehead atoms. The second-order valence-corrected chi connectivity index (χ2v) is 7.73. The predicted molar refractivity (Wildman–Crippen MR) is 116 cm³/mol. The Balaban J connectivity index is 1.45. The summed E-state index contributed by atoms with van der Waals surface area (Å²) < 4.78 is 23.2. The molecule has 0 radical (unpaired) electrons.